The first kappa shape index (κ1) is 10.0. The molecule has 2 nitrogen and oxygen atoms in total. The van der Waals surface area contributed by atoms with Gasteiger partial charge in [-0.2, -0.15) is 0 Å². The Morgan fingerprint density at radius 1 is 1.36 bits per heavy atom. The molecule has 1 aliphatic carbocycles. The molecule has 2 aliphatic rings. The lowest BCUT2D eigenvalue weighted by Gasteiger charge is -2.40. The maximum atomic E-state index is 3.71. The first-order valence-corrected chi connectivity index (χ1v) is 5.72. The van der Waals surface area contributed by atoms with Crippen LogP contribution in [0, 0.1) is 11.8 Å². The van der Waals surface area contributed by atoms with E-state index in [1.165, 1.54) is 32.2 Å². The van der Waals surface area contributed by atoms with Crippen LogP contribution in [0.25, 0.3) is 0 Å². The lowest BCUT2D eigenvalue weighted by atomic mass is 9.94. The van der Waals surface area contributed by atoms with E-state index in [9.17, 15) is 0 Å². The fraction of sp³-hybridized carbons (Fsp3) is 0.833. The summed E-state index contributed by atoms with van der Waals surface area (Å²) in [6.07, 6.45) is 5.53. The second-order valence-electron chi connectivity index (χ2n) is 4.55. The summed E-state index contributed by atoms with van der Waals surface area (Å²) in [6, 6.07) is 0. The van der Waals surface area contributed by atoms with Crippen molar-refractivity contribution in [3.8, 4) is 11.8 Å². The summed E-state index contributed by atoms with van der Waals surface area (Å²) in [6.45, 7) is 6.40. The first-order chi connectivity index (χ1) is 6.85. The third-order valence-electron chi connectivity index (χ3n) is 3.49. The topological polar surface area (TPSA) is 15.3 Å². The van der Waals surface area contributed by atoms with Crippen molar-refractivity contribution in [1.82, 2.24) is 10.2 Å². The highest BCUT2D eigenvalue weighted by Gasteiger charge is 2.37. The largest absolute Gasteiger partial charge is 0.309 e. The van der Waals surface area contributed by atoms with Crippen LogP contribution in [0.2, 0.25) is 0 Å². The Balaban J connectivity index is 1.91. The van der Waals surface area contributed by atoms with Gasteiger partial charge in [-0.3, -0.25) is 4.90 Å². The van der Waals surface area contributed by atoms with Gasteiger partial charge in [0.2, 0.25) is 0 Å². The van der Waals surface area contributed by atoms with Gasteiger partial charge >= 0.3 is 0 Å². The van der Waals surface area contributed by atoms with E-state index in [1.54, 1.807) is 0 Å². The van der Waals surface area contributed by atoms with Crippen LogP contribution in [0.1, 0.15) is 32.6 Å². The van der Waals surface area contributed by atoms with Gasteiger partial charge in [-0.15, -0.1) is 5.92 Å². The van der Waals surface area contributed by atoms with E-state index in [-0.39, 0.29) is 0 Å². The SMILES string of the molecule is CC#CCN1CCNC2(CCCC2)C1. The maximum absolute atomic E-state index is 3.71. The van der Waals surface area contributed by atoms with E-state index in [1.807, 2.05) is 6.92 Å². The fourth-order valence-electron chi connectivity index (χ4n) is 2.75. The summed E-state index contributed by atoms with van der Waals surface area (Å²) in [5.74, 6) is 6.15. The molecule has 1 heterocycles. The van der Waals surface area contributed by atoms with Gasteiger partial charge in [-0.25, -0.2) is 0 Å². The number of hydrogen-bond donors (Lipinski definition) is 1. The summed E-state index contributed by atoms with van der Waals surface area (Å²) < 4.78 is 0. The van der Waals surface area contributed by atoms with Gasteiger partial charge < -0.3 is 5.32 Å². The Hall–Kier alpha value is -0.520. The summed E-state index contributed by atoms with van der Waals surface area (Å²) >= 11 is 0. The molecule has 1 saturated heterocycles. The average Bonchev–Trinajstić information content (AvgIpc) is 2.63. The summed E-state index contributed by atoms with van der Waals surface area (Å²) in [5, 5.41) is 3.71. The highest BCUT2D eigenvalue weighted by atomic mass is 15.2. The monoisotopic (exact) mass is 192 g/mol. The number of hydrogen-bond acceptors (Lipinski definition) is 2. The predicted molar refractivity (Wildman–Crippen MR) is 59.1 cm³/mol. The van der Waals surface area contributed by atoms with Crippen LogP contribution in [0.4, 0.5) is 0 Å². The van der Waals surface area contributed by atoms with E-state index in [0.717, 1.165) is 19.6 Å². The lowest BCUT2D eigenvalue weighted by Crippen LogP contribution is -2.58. The van der Waals surface area contributed by atoms with Gasteiger partial charge in [0.05, 0.1) is 6.54 Å². The summed E-state index contributed by atoms with van der Waals surface area (Å²) in [5.41, 5.74) is 0.452. The standard InChI is InChI=1S/C12H20N2/c1-2-3-9-14-10-8-13-12(11-14)6-4-5-7-12/h13H,4-11H2,1H3. The molecule has 0 radical (unpaired) electrons. The van der Waals surface area contributed by atoms with Crippen molar-refractivity contribution >= 4 is 0 Å². The summed E-state index contributed by atoms with van der Waals surface area (Å²) in [4.78, 5) is 2.50. The molecule has 1 spiro atoms. The molecule has 2 heteroatoms. The van der Waals surface area contributed by atoms with Crippen LogP contribution >= 0.6 is 0 Å². The van der Waals surface area contributed by atoms with Crippen LogP contribution in [0.5, 0.6) is 0 Å². The maximum Gasteiger partial charge on any atom is 0.0602 e. The van der Waals surface area contributed by atoms with Crippen molar-refractivity contribution in [3.63, 3.8) is 0 Å². The van der Waals surface area contributed by atoms with Gasteiger partial charge in [-0.05, 0) is 19.8 Å². The molecular weight excluding hydrogens is 172 g/mol. The quantitative estimate of drug-likeness (QED) is 0.629. The number of piperazine rings is 1. The molecule has 0 aromatic rings. The van der Waals surface area contributed by atoms with Crippen molar-refractivity contribution in [2.24, 2.45) is 0 Å². The molecule has 0 atom stereocenters. The Morgan fingerprint density at radius 2 is 2.14 bits per heavy atom. The van der Waals surface area contributed by atoms with Crippen molar-refractivity contribution in [3.05, 3.63) is 0 Å². The smallest absolute Gasteiger partial charge is 0.0602 e. The number of nitrogens with one attached hydrogen (secondary N) is 1. The van der Waals surface area contributed by atoms with Gasteiger partial charge in [0.1, 0.15) is 0 Å². The van der Waals surface area contributed by atoms with Crippen LogP contribution in [0.3, 0.4) is 0 Å². The Bertz CT molecular complexity index is 243. The van der Waals surface area contributed by atoms with Crippen molar-refractivity contribution in [2.75, 3.05) is 26.2 Å². The zero-order chi connectivity index (χ0) is 9.86. The average molecular weight is 192 g/mol. The van der Waals surface area contributed by atoms with Gasteiger partial charge in [-0.1, -0.05) is 18.8 Å². The van der Waals surface area contributed by atoms with Crippen molar-refractivity contribution < 1.29 is 0 Å². The highest BCUT2D eigenvalue weighted by molar-refractivity contribution is 5.03. The molecule has 0 unspecified atom stereocenters. The second-order valence-corrected chi connectivity index (χ2v) is 4.55. The Labute approximate surface area is 87.1 Å². The third kappa shape index (κ3) is 2.10. The van der Waals surface area contributed by atoms with Gasteiger partial charge in [0.25, 0.3) is 0 Å². The van der Waals surface area contributed by atoms with Crippen LogP contribution in [-0.2, 0) is 0 Å². The number of rotatable bonds is 1. The minimum atomic E-state index is 0.452. The minimum absolute atomic E-state index is 0.452. The molecule has 0 aromatic carbocycles. The zero-order valence-corrected chi connectivity index (χ0v) is 9.10. The van der Waals surface area contributed by atoms with Crippen molar-refractivity contribution in [1.29, 1.82) is 0 Å². The second kappa shape index (κ2) is 4.33. The molecule has 78 valence electrons. The van der Waals surface area contributed by atoms with E-state index < -0.39 is 0 Å². The molecule has 0 amide bonds. The summed E-state index contributed by atoms with van der Waals surface area (Å²) in [7, 11) is 0. The van der Waals surface area contributed by atoms with Crippen LogP contribution in [0.15, 0.2) is 0 Å². The molecule has 14 heavy (non-hydrogen) atoms. The molecule has 0 bridgehead atoms. The Morgan fingerprint density at radius 3 is 2.86 bits per heavy atom. The van der Waals surface area contributed by atoms with E-state index in [4.69, 9.17) is 0 Å². The fourth-order valence-corrected chi connectivity index (χ4v) is 2.75. The molecular formula is C12H20N2. The van der Waals surface area contributed by atoms with Gasteiger partial charge in [0, 0.05) is 25.2 Å². The molecule has 1 N–H and O–H groups in total. The van der Waals surface area contributed by atoms with Crippen LogP contribution < -0.4 is 5.32 Å². The van der Waals surface area contributed by atoms with E-state index in [0.29, 0.717) is 5.54 Å². The van der Waals surface area contributed by atoms with Crippen LogP contribution in [-0.4, -0.2) is 36.6 Å². The molecule has 1 saturated carbocycles. The zero-order valence-electron chi connectivity index (χ0n) is 9.10. The van der Waals surface area contributed by atoms with E-state index in [2.05, 4.69) is 22.1 Å². The number of nitrogens with zero attached hydrogens (tertiary/aromatic N) is 1. The molecule has 2 rings (SSSR count). The van der Waals surface area contributed by atoms with Crippen molar-refractivity contribution in [2.45, 2.75) is 38.1 Å². The molecule has 1 aliphatic heterocycles. The van der Waals surface area contributed by atoms with Gasteiger partial charge in [0.15, 0.2) is 0 Å². The minimum Gasteiger partial charge on any atom is -0.309 e. The third-order valence-corrected chi connectivity index (χ3v) is 3.49. The molecule has 0 aromatic heterocycles. The molecule has 2 fully saturated rings. The lowest BCUT2D eigenvalue weighted by molar-refractivity contribution is 0.149. The predicted octanol–water partition coefficient (Wildman–Crippen LogP) is 1.23. The Kier molecular flexibility index (Phi) is 3.10. The van der Waals surface area contributed by atoms with E-state index >= 15 is 0 Å². The highest BCUT2D eigenvalue weighted by Crippen LogP contribution is 2.31. The first-order valence-electron chi connectivity index (χ1n) is 5.72. The normalized spacial score (nSPS) is 26.1.